The highest BCUT2D eigenvalue weighted by Gasteiger charge is 2.27. The normalized spacial score (nSPS) is 17.4. The molecule has 3 heterocycles. The van der Waals surface area contributed by atoms with Crippen LogP contribution in [-0.2, 0) is 13.6 Å². The lowest BCUT2D eigenvalue weighted by Crippen LogP contribution is -2.22. The molecule has 6 nitrogen and oxygen atoms in total. The number of nitrogens with zero attached hydrogens (tertiary/aromatic N) is 5. The summed E-state index contributed by atoms with van der Waals surface area (Å²) in [7, 11) is 2.01. The van der Waals surface area contributed by atoms with Crippen LogP contribution in [0.3, 0.4) is 0 Å². The van der Waals surface area contributed by atoms with E-state index < -0.39 is 5.82 Å². The number of rotatable bonds is 5. The minimum Gasteiger partial charge on any atom is -0.436 e. The summed E-state index contributed by atoms with van der Waals surface area (Å²) in [6.07, 6.45) is 4.75. The lowest BCUT2D eigenvalue weighted by atomic mass is 10.1. The molecule has 0 saturated carbocycles. The molecule has 1 atom stereocenters. The standard InChI is InChI=1S/C20H22FN5O/c1-14-11-19(27-17-6-4-3-5-16(17)21)24-20(23-14)15-7-9-26(12-15)13-18-22-8-10-25(18)2/h3-6,8,10-11,15H,7,9,12-13H2,1-2H3. The van der Waals surface area contributed by atoms with Gasteiger partial charge in [0.05, 0.1) is 6.54 Å². The van der Waals surface area contributed by atoms with Gasteiger partial charge in [-0.2, -0.15) is 4.98 Å². The Bertz CT molecular complexity index is 942. The van der Waals surface area contributed by atoms with Crippen molar-refractivity contribution in [2.24, 2.45) is 7.05 Å². The van der Waals surface area contributed by atoms with Gasteiger partial charge in [-0.3, -0.25) is 4.90 Å². The van der Waals surface area contributed by atoms with Gasteiger partial charge in [0.2, 0.25) is 5.88 Å². The molecule has 7 heteroatoms. The van der Waals surface area contributed by atoms with Crippen molar-refractivity contribution in [3.8, 4) is 11.6 Å². The molecule has 0 bridgehead atoms. The van der Waals surface area contributed by atoms with Gasteiger partial charge in [-0.15, -0.1) is 0 Å². The molecular weight excluding hydrogens is 345 g/mol. The Morgan fingerprint density at radius 1 is 1.26 bits per heavy atom. The quantitative estimate of drug-likeness (QED) is 0.691. The molecule has 0 radical (unpaired) electrons. The molecule has 0 amide bonds. The summed E-state index contributed by atoms with van der Waals surface area (Å²) in [5.41, 5.74) is 0.814. The maximum Gasteiger partial charge on any atom is 0.222 e. The van der Waals surface area contributed by atoms with Gasteiger partial charge >= 0.3 is 0 Å². The fourth-order valence-corrected chi connectivity index (χ4v) is 3.37. The molecule has 1 aliphatic heterocycles. The monoisotopic (exact) mass is 367 g/mol. The van der Waals surface area contributed by atoms with Crippen molar-refractivity contribution >= 4 is 0 Å². The second-order valence-electron chi connectivity index (χ2n) is 6.91. The number of para-hydroxylation sites is 1. The highest BCUT2D eigenvalue weighted by atomic mass is 19.1. The zero-order chi connectivity index (χ0) is 18.8. The predicted octanol–water partition coefficient (Wildman–Crippen LogP) is 3.44. The van der Waals surface area contributed by atoms with Crippen LogP contribution in [0.5, 0.6) is 11.6 Å². The van der Waals surface area contributed by atoms with Crippen molar-refractivity contribution in [3.63, 3.8) is 0 Å². The Kier molecular flexibility index (Phi) is 4.85. The summed E-state index contributed by atoms with van der Waals surface area (Å²) in [5, 5.41) is 0. The van der Waals surface area contributed by atoms with Crippen molar-refractivity contribution in [1.82, 2.24) is 24.4 Å². The molecule has 0 aliphatic carbocycles. The van der Waals surface area contributed by atoms with Crippen molar-refractivity contribution in [2.75, 3.05) is 13.1 Å². The Balaban J connectivity index is 1.48. The Hall–Kier alpha value is -2.80. The summed E-state index contributed by atoms with van der Waals surface area (Å²) in [4.78, 5) is 15.9. The van der Waals surface area contributed by atoms with E-state index in [4.69, 9.17) is 4.74 Å². The summed E-state index contributed by atoms with van der Waals surface area (Å²) < 4.78 is 21.6. The summed E-state index contributed by atoms with van der Waals surface area (Å²) >= 11 is 0. The number of ether oxygens (including phenoxy) is 1. The van der Waals surface area contributed by atoms with Gasteiger partial charge in [0, 0.05) is 43.7 Å². The number of aromatic nitrogens is 4. The van der Waals surface area contributed by atoms with Gasteiger partial charge in [-0.25, -0.2) is 14.4 Å². The maximum absolute atomic E-state index is 13.9. The van der Waals surface area contributed by atoms with E-state index in [1.165, 1.54) is 6.07 Å². The van der Waals surface area contributed by atoms with Gasteiger partial charge < -0.3 is 9.30 Å². The summed E-state index contributed by atoms with van der Waals surface area (Å²) in [6.45, 7) is 4.55. The minimum atomic E-state index is -0.405. The highest BCUT2D eigenvalue weighted by molar-refractivity contribution is 5.29. The van der Waals surface area contributed by atoms with Gasteiger partial charge in [-0.05, 0) is 32.0 Å². The molecule has 1 unspecified atom stereocenters. The van der Waals surface area contributed by atoms with Crippen LogP contribution in [0.4, 0.5) is 4.39 Å². The summed E-state index contributed by atoms with van der Waals surface area (Å²) in [5.74, 6) is 2.17. The predicted molar refractivity (Wildman–Crippen MR) is 99.1 cm³/mol. The zero-order valence-corrected chi connectivity index (χ0v) is 15.5. The molecule has 0 spiro atoms. The van der Waals surface area contributed by atoms with E-state index in [1.807, 2.05) is 30.9 Å². The van der Waals surface area contributed by atoms with Crippen LogP contribution in [0.25, 0.3) is 0 Å². The molecule has 1 aliphatic rings. The van der Waals surface area contributed by atoms with E-state index in [0.29, 0.717) is 5.88 Å². The molecule has 3 aromatic rings. The first-order chi connectivity index (χ1) is 13.1. The van der Waals surface area contributed by atoms with Gasteiger partial charge in [0.15, 0.2) is 11.6 Å². The fraction of sp³-hybridized carbons (Fsp3) is 0.350. The third-order valence-electron chi connectivity index (χ3n) is 4.82. The Labute approximate surface area is 157 Å². The van der Waals surface area contributed by atoms with E-state index in [2.05, 4.69) is 19.9 Å². The van der Waals surface area contributed by atoms with Crippen molar-refractivity contribution in [3.05, 3.63) is 65.9 Å². The minimum absolute atomic E-state index is 0.171. The summed E-state index contributed by atoms with van der Waals surface area (Å²) in [6, 6.07) is 8.07. The van der Waals surface area contributed by atoms with Crippen LogP contribution in [0.2, 0.25) is 0 Å². The van der Waals surface area contributed by atoms with E-state index in [-0.39, 0.29) is 11.7 Å². The number of hydrogen-bond donors (Lipinski definition) is 0. The van der Waals surface area contributed by atoms with Crippen LogP contribution in [0, 0.1) is 12.7 Å². The largest absolute Gasteiger partial charge is 0.436 e. The van der Waals surface area contributed by atoms with Gasteiger partial charge in [0.25, 0.3) is 0 Å². The Morgan fingerprint density at radius 3 is 2.89 bits per heavy atom. The van der Waals surface area contributed by atoms with Gasteiger partial charge in [-0.1, -0.05) is 12.1 Å². The smallest absolute Gasteiger partial charge is 0.222 e. The van der Waals surface area contributed by atoms with Crippen LogP contribution in [0.1, 0.15) is 29.7 Å². The van der Waals surface area contributed by atoms with Crippen molar-refractivity contribution in [2.45, 2.75) is 25.8 Å². The maximum atomic E-state index is 13.9. The van der Waals surface area contributed by atoms with Crippen molar-refractivity contribution in [1.29, 1.82) is 0 Å². The first-order valence-corrected chi connectivity index (χ1v) is 9.05. The van der Waals surface area contributed by atoms with Crippen LogP contribution in [-0.4, -0.2) is 37.5 Å². The molecule has 4 rings (SSSR count). The van der Waals surface area contributed by atoms with Crippen LogP contribution >= 0.6 is 0 Å². The van der Waals surface area contributed by atoms with Crippen LogP contribution in [0.15, 0.2) is 42.7 Å². The number of likely N-dealkylation sites (tertiary alicyclic amines) is 1. The van der Waals surface area contributed by atoms with E-state index in [1.54, 1.807) is 24.3 Å². The van der Waals surface area contributed by atoms with Gasteiger partial charge in [0.1, 0.15) is 11.6 Å². The average molecular weight is 367 g/mol. The fourth-order valence-electron chi connectivity index (χ4n) is 3.37. The van der Waals surface area contributed by atoms with Crippen molar-refractivity contribution < 1.29 is 9.13 Å². The molecule has 1 saturated heterocycles. The molecule has 1 aromatic carbocycles. The first-order valence-electron chi connectivity index (χ1n) is 9.05. The van der Waals surface area contributed by atoms with E-state index in [9.17, 15) is 4.39 Å². The Morgan fingerprint density at radius 2 is 2.11 bits per heavy atom. The highest BCUT2D eigenvalue weighted by Crippen LogP contribution is 2.29. The van der Waals surface area contributed by atoms with E-state index in [0.717, 1.165) is 43.4 Å². The number of benzene rings is 1. The SMILES string of the molecule is Cc1cc(Oc2ccccc2F)nc(C2CCN(Cc3nccn3C)C2)n1. The molecule has 2 aromatic heterocycles. The average Bonchev–Trinajstić information content (AvgIpc) is 3.27. The third-order valence-corrected chi connectivity index (χ3v) is 4.82. The molecule has 27 heavy (non-hydrogen) atoms. The number of hydrogen-bond acceptors (Lipinski definition) is 5. The van der Waals surface area contributed by atoms with E-state index >= 15 is 0 Å². The third kappa shape index (κ3) is 3.98. The number of aryl methyl sites for hydroxylation is 2. The molecule has 0 N–H and O–H groups in total. The van der Waals surface area contributed by atoms with Crippen LogP contribution < -0.4 is 4.74 Å². The lowest BCUT2D eigenvalue weighted by Gasteiger charge is -2.16. The lowest BCUT2D eigenvalue weighted by molar-refractivity contribution is 0.313. The second kappa shape index (κ2) is 7.44. The second-order valence-corrected chi connectivity index (χ2v) is 6.91. The number of halogens is 1. The molecule has 1 fully saturated rings. The zero-order valence-electron chi connectivity index (χ0n) is 15.5. The first kappa shape index (κ1) is 17.6. The molecule has 140 valence electrons. The number of imidazole rings is 1. The molecular formula is C20H22FN5O. The topological polar surface area (TPSA) is 56.1 Å².